The van der Waals surface area contributed by atoms with Gasteiger partial charge in [0.15, 0.2) is 0 Å². The van der Waals surface area contributed by atoms with Crippen molar-refractivity contribution in [2.75, 3.05) is 6.61 Å². The maximum atomic E-state index is 9.77. The molecule has 0 saturated carbocycles. The largest absolute Gasteiger partial charge is 0.507 e. The van der Waals surface area contributed by atoms with Gasteiger partial charge in [-0.25, -0.2) is 0 Å². The summed E-state index contributed by atoms with van der Waals surface area (Å²) >= 11 is 0. The fraction of sp³-hybridized carbons (Fsp3) is 0.294. The van der Waals surface area contributed by atoms with Crippen LogP contribution in [0.15, 0.2) is 42.5 Å². The van der Waals surface area contributed by atoms with Crippen molar-refractivity contribution in [3.05, 3.63) is 64.7 Å². The van der Waals surface area contributed by atoms with E-state index in [-0.39, 0.29) is 12.6 Å². The summed E-state index contributed by atoms with van der Waals surface area (Å²) in [5.41, 5.74) is 3.93. The molecule has 0 saturated heterocycles. The fourth-order valence-corrected chi connectivity index (χ4v) is 2.36. The summed E-state index contributed by atoms with van der Waals surface area (Å²) in [5.74, 6) is 0.357. The van der Waals surface area contributed by atoms with Gasteiger partial charge < -0.3 is 15.5 Å². The molecule has 106 valence electrons. The Morgan fingerprint density at radius 3 is 2.20 bits per heavy atom. The van der Waals surface area contributed by atoms with Crippen molar-refractivity contribution >= 4 is 0 Å². The molecule has 0 amide bonds. The summed E-state index contributed by atoms with van der Waals surface area (Å²) in [6.45, 7) is 4.50. The lowest BCUT2D eigenvalue weighted by Crippen LogP contribution is -2.24. The van der Waals surface area contributed by atoms with Crippen LogP contribution in [-0.4, -0.2) is 16.8 Å². The Labute approximate surface area is 119 Å². The van der Waals surface area contributed by atoms with Gasteiger partial charge in [0.05, 0.1) is 12.6 Å². The number of phenols is 1. The molecular formula is C17H21NO2. The van der Waals surface area contributed by atoms with E-state index in [9.17, 15) is 10.2 Å². The highest BCUT2D eigenvalue weighted by Crippen LogP contribution is 2.23. The Morgan fingerprint density at radius 2 is 1.65 bits per heavy atom. The van der Waals surface area contributed by atoms with Gasteiger partial charge in [-0.3, -0.25) is 0 Å². The summed E-state index contributed by atoms with van der Waals surface area (Å²) in [7, 11) is 0. The number of aliphatic hydroxyl groups is 1. The minimum absolute atomic E-state index is 0.0556. The molecule has 0 bridgehead atoms. The molecule has 0 aliphatic heterocycles. The summed E-state index contributed by atoms with van der Waals surface area (Å²) in [4.78, 5) is 0. The zero-order valence-electron chi connectivity index (χ0n) is 11.9. The number of phenolic OH excluding ortho intramolecular Hbond substituents is 1. The van der Waals surface area contributed by atoms with Gasteiger partial charge in [-0.15, -0.1) is 0 Å². The first kappa shape index (κ1) is 14.6. The maximum absolute atomic E-state index is 9.77. The first-order chi connectivity index (χ1) is 9.61. The van der Waals surface area contributed by atoms with E-state index in [1.54, 1.807) is 0 Å². The van der Waals surface area contributed by atoms with E-state index in [4.69, 9.17) is 0 Å². The van der Waals surface area contributed by atoms with Crippen LogP contribution in [0.4, 0.5) is 0 Å². The average Bonchev–Trinajstić information content (AvgIpc) is 2.46. The fourth-order valence-electron chi connectivity index (χ4n) is 2.36. The predicted molar refractivity (Wildman–Crippen MR) is 80.7 cm³/mol. The Bertz CT molecular complexity index is 543. The van der Waals surface area contributed by atoms with Crippen molar-refractivity contribution in [3.63, 3.8) is 0 Å². The first-order valence-corrected chi connectivity index (χ1v) is 6.80. The molecule has 2 aromatic carbocycles. The average molecular weight is 271 g/mol. The topological polar surface area (TPSA) is 52.5 Å². The van der Waals surface area contributed by atoms with Gasteiger partial charge in [-0.05, 0) is 36.1 Å². The predicted octanol–water partition coefficient (Wildman–Crippen LogP) is 2.83. The number of hydrogen-bond acceptors (Lipinski definition) is 3. The SMILES string of the molecule is Cc1cc(CN[C@H](CO)c2ccccc2)cc(C)c1O. The molecule has 20 heavy (non-hydrogen) atoms. The van der Waals surface area contributed by atoms with E-state index in [2.05, 4.69) is 5.32 Å². The van der Waals surface area contributed by atoms with Crippen LogP contribution in [0, 0.1) is 13.8 Å². The second-order valence-electron chi connectivity index (χ2n) is 5.10. The summed E-state index contributed by atoms with van der Waals surface area (Å²) in [6.07, 6.45) is 0. The molecule has 0 aliphatic rings. The second-order valence-corrected chi connectivity index (χ2v) is 5.10. The van der Waals surface area contributed by atoms with Gasteiger partial charge in [0.25, 0.3) is 0 Å². The van der Waals surface area contributed by atoms with Crippen molar-refractivity contribution in [3.8, 4) is 5.75 Å². The number of hydrogen-bond donors (Lipinski definition) is 3. The summed E-state index contributed by atoms with van der Waals surface area (Å²) in [5, 5.41) is 22.6. The summed E-state index contributed by atoms with van der Waals surface area (Å²) in [6, 6.07) is 13.8. The Balaban J connectivity index is 2.07. The molecule has 1 atom stereocenters. The lowest BCUT2D eigenvalue weighted by Gasteiger charge is -2.17. The van der Waals surface area contributed by atoms with E-state index in [1.165, 1.54) is 0 Å². The van der Waals surface area contributed by atoms with Crippen LogP contribution in [-0.2, 0) is 6.54 Å². The normalized spacial score (nSPS) is 12.3. The minimum Gasteiger partial charge on any atom is -0.507 e. The maximum Gasteiger partial charge on any atom is 0.121 e. The standard InChI is InChI=1S/C17H21NO2/c1-12-8-14(9-13(2)17(12)20)10-18-16(11-19)15-6-4-3-5-7-15/h3-9,16,18-20H,10-11H2,1-2H3/t16-/m1/s1. The molecule has 0 spiro atoms. The van der Waals surface area contributed by atoms with Crippen molar-refractivity contribution in [2.24, 2.45) is 0 Å². The van der Waals surface area contributed by atoms with Gasteiger partial charge in [0.2, 0.25) is 0 Å². The second kappa shape index (κ2) is 6.55. The van der Waals surface area contributed by atoms with Crippen LogP contribution < -0.4 is 5.32 Å². The highest BCUT2D eigenvalue weighted by molar-refractivity contribution is 5.42. The highest BCUT2D eigenvalue weighted by Gasteiger charge is 2.10. The molecule has 0 heterocycles. The molecule has 3 nitrogen and oxygen atoms in total. The van der Waals surface area contributed by atoms with Crippen LogP contribution in [0.5, 0.6) is 5.75 Å². The molecule has 3 N–H and O–H groups in total. The van der Waals surface area contributed by atoms with E-state index in [0.29, 0.717) is 12.3 Å². The van der Waals surface area contributed by atoms with Crippen LogP contribution in [0.3, 0.4) is 0 Å². The third-order valence-electron chi connectivity index (χ3n) is 3.49. The quantitative estimate of drug-likeness (QED) is 0.784. The lowest BCUT2D eigenvalue weighted by atomic mass is 10.0. The third kappa shape index (κ3) is 3.38. The Kier molecular flexibility index (Phi) is 4.77. The van der Waals surface area contributed by atoms with E-state index >= 15 is 0 Å². The highest BCUT2D eigenvalue weighted by atomic mass is 16.3. The van der Waals surface area contributed by atoms with Crippen LogP contribution in [0.1, 0.15) is 28.3 Å². The van der Waals surface area contributed by atoms with Crippen LogP contribution in [0.2, 0.25) is 0 Å². The first-order valence-electron chi connectivity index (χ1n) is 6.80. The number of rotatable bonds is 5. The van der Waals surface area contributed by atoms with Gasteiger partial charge in [0.1, 0.15) is 5.75 Å². The molecule has 0 radical (unpaired) electrons. The summed E-state index contributed by atoms with van der Waals surface area (Å²) < 4.78 is 0. The minimum atomic E-state index is -0.0781. The third-order valence-corrected chi connectivity index (χ3v) is 3.49. The molecule has 0 aromatic heterocycles. The molecule has 0 fully saturated rings. The zero-order valence-corrected chi connectivity index (χ0v) is 11.9. The lowest BCUT2D eigenvalue weighted by molar-refractivity contribution is 0.243. The van der Waals surface area contributed by atoms with Crippen LogP contribution in [0.25, 0.3) is 0 Å². The van der Waals surface area contributed by atoms with Crippen LogP contribution >= 0.6 is 0 Å². The molecule has 0 aliphatic carbocycles. The molecule has 2 rings (SSSR count). The smallest absolute Gasteiger partial charge is 0.121 e. The van der Waals surface area contributed by atoms with Crippen molar-refractivity contribution in [2.45, 2.75) is 26.4 Å². The van der Waals surface area contributed by atoms with Gasteiger partial charge in [0, 0.05) is 6.54 Å². The molecule has 3 heteroatoms. The number of aliphatic hydroxyl groups excluding tert-OH is 1. The molecule has 0 unspecified atom stereocenters. The number of benzene rings is 2. The van der Waals surface area contributed by atoms with Crippen molar-refractivity contribution in [1.82, 2.24) is 5.32 Å². The number of nitrogens with one attached hydrogen (secondary N) is 1. The van der Waals surface area contributed by atoms with E-state index in [1.807, 2.05) is 56.3 Å². The molecular weight excluding hydrogens is 250 g/mol. The Morgan fingerprint density at radius 1 is 1.05 bits per heavy atom. The van der Waals surface area contributed by atoms with E-state index in [0.717, 1.165) is 22.3 Å². The number of aryl methyl sites for hydroxylation is 2. The van der Waals surface area contributed by atoms with E-state index < -0.39 is 0 Å². The van der Waals surface area contributed by atoms with Gasteiger partial charge in [-0.1, -0.05) is 42.5 Å². The monoisotopic (exact) mass is 271 g/mol. The molecule has 2 aromatic rings. The zero-order chi connectivity index (χ0) is 14.5. The van der Waals surface area contributed by atoms with Gasteiger partial charge >= 0.3 is 0 Å². The Hall–Kier alpha value is -1.84. The number of aromatic hydroxyl groups is 1. The van der Waals surface area contributed by atoms with Crippen molar-refractivity contribution < 1.29 is 10.2 Å². The van der Waals surface area contributed by atoms with Crippen molar-refractivity contribution in [1.29, 1.82) is 0 Å². The van der Waals surface area contributed by atoms with Gasteiger partial charge in [-0.2, -0.15) is 0 Å².